The van der Waals surface area contributed by atoms with Crippen molar-refractivity contribution in [2.75, 3.05) is 30.1 Å². The van der Waals surface area contributed by atoms with Crippen molar-refractivity contribution in [1.29, 1.82) is 0 Å². The molecule has 0 amide bonds. The largest absolute Gasteiger partial charge is 0.493 e. The molecule has 2 heterocycles. The number of carbonyl (C=O) groups excluding carboxylic acids is 1. The fourth-order valence-corrected chi connectivity index (χ4v) is 4.10. The van der Waals surface area contributed by atoms with Crippen LogP contribution in [0.5, 0.6) is 0 Å². The van der Waals surface area contributed by atoms with Gasteiger partial charge < -0.3 is 15.5 Å². The van der Waals surface area contributed by atoms with Crippen LogP contribution in [-0.2, 0) is 9.63 Å². The van der Waals surface area contributed by atoms with E-state index in [-0.39, 0.29) is 5.69 Å². The van der Waals surface area contributed by atoms with Gasteiger partial charge in [0, 0.05) is 29.9 Å². The number of nitrogens with zero attached hydrogens (tertiary/aromatic N) is 3. The van der Waals surface area contributed by atoms with Crippen molar-refractivity contribution in [2.45, 2.75) is 31.5 Å². The van der Waals surface area contributed by atoms with Gasteiger partial charge in [-0.15, -0.1) is 0 Å². The molecule has 4 N–H and O–H groups in total. The Bertz CT molecular complexity index is 1030. The number of benzene rings is 2. The molecule has 0 aromatic heterocycles. The maximum absolute atomic E-state index is 15.0. The van der Waals surface area contributed by atoms with Crippen LogP contribution in [0, 0.1) is 5.82 Å². The van der Waals surface area contributed by atoms with E-state index in [0.29, 0.717) is 27.4 Å². The SMILES string of the molecule is CN1C(N)c2ccc(-c3c(F)cccc3N3CCCC3)cc2N(OC(=O)C(F)(F)F)C1N. The maximum atomic E-state index is 15.0. The highest BCUT2D eigenvalue weighted by Crippen LogP contribution is 2.41. The van der Waals surface area contributed by atoms with E-state index in [1.54, 1.807) is 24.3 Å². The molecule has 2 aromatic rings. The normalized spacial score (nSPS) is 21.6. The lowest BCUT2D eigenvalue weighted by Gasteiger charge is -2.43. The van der Waals surface area contributed by atoms with Crippen molar-refractivity contribution >= 4 is 17.3 Å². The Morgan fingerprint density at radius 2 is 1.78 bits per heavy atom. The van der Waals surface area contributed by atoms with Crippen LogP contribution < -0.4 is 21.4 Å². The molecule has 1 fully saturated rings. The van der Waals surface area contributed by atoms with Gasteiger partial charge in [0.2, 0.25) is 0 Å². The Hall–Kier alpha value is -2.89. The molecule has 2 unspecified atom stereocenters. The van der Waals surface area contributed by atoms with Crippen LogP contribution in [0.4, 0.5) is 28.9 Å². The van der Waals surface area contributed by atoms with Crippen molar-refractivity contribution in [2.24, 2.45) is 11.5 Å². The lowest BCUT2D eigenvalue weighted by atomic mass is 9.97. The minimum Gasteiger partial charge on any atom is -0.371 e. The van der Waals surface area contributed by atoms with Gasteiger partial charge in [0.15, 0.2) is 6.29 Å². The first-order chi connectivity index (χ1) is 15.1. The monoisotopic (exact) mass is 453 g/mol. The quantitative estimate of drug-likeness (QED) is 0.691. The summed E-state index contributed by atoms with van der Waals surface area (Å²) in [7, 11) is 1.49. The summed E-state index contributed by atoms with van der Waals surface area (Å²) < 4.78 is 53.6. The molecule has 11 heteroatoms. The summed E-state index contributed by atoms with van der Waals surface area (Å²) in [4.78, 5) is 19.6. The number of hydrogen-bond acceptors (Lipinski definition) is 7. The fourth-order valence-electron chi connectivity index (χ4n) is 4.10. The predicted octanol–water partition coefficient (Wildman–Crippen LogP) is 3.06. The highest BCUT2D eigenvalue weighted by atomic mass is 19.4. The lowest BCUT2D eigenvalue weighted by Crippen LogP contribution is -2.60. The summed E-state index contributed by atoms with van der Waals surface area (Å²) in [5.41, 5.74) is 14.0. The Balaban J connectivity index is 1.82. The number of nitrogens with two attached hydrogens (primary N) is 2. The molecule has 2 aliphatic rings. The third-order valence-electron chi connectivity index (χ3n) is 5.82. The van der Waals surface area contributed by atoms with Crippen LogP contribution in [-0.4, -0.2) is 43.5 Å². The number of rotatable bonds is 3. The summed E-state index contributed by atoms with van der Waals surface area (Å²) in [6.07, 6.45) is -5.30. The van der Waals surface area contributed by atoms with E-state index in [2.05, 4.69) is 9.74 Å². The highest BCUT2D eigenvalue weighted by Gasteiger charge is 2.45. The molecule has 2 aliphatic heterocycles. The average Bonchev–Trinajstić information content (AvgIpc) is 3.28. The zero-order chi connectivity index (χ0) is 23.2. The zero-order valence-corrected chi connectivity index (χ0v) is 17.3. The van der Waals surface area contributed by atoms with Gasteiger partial charge >= 0.3 is 12.1 Å². The molecule has 7 nitrogen and oxygen atoms in total. The second-order valence-electron chi connectivity index (χ2n) is 7.83. The van der Waals surface area contributed by atoms with E-state index < -0.39 is 30.4 Å². The number of carbonyl (C=O) groups is 1. The van der Waals surface area contributed by atoms with Crippen LogP contribution in [0.15, 0.2) is 36.4 Å². The number of hydrogen-bond donors (Lipinski definition) is 2. The second kappa shape index (κ2) is 8.23. The third-order valence-corrected chi connectivity index (χ3v) is 5.82. The van der Waals surface area contributed by atoms with Crippen molar-refractivity contribution in [3.05, 3.63) is 47.8 Å². The van der Waals surface area contributed by atoms with Gasteiger partial charge in [-0.25, -0.2) is 9.18 Å². The smallest absolute Gasteiger partial charge is 0.371 e. The third kappa shape index (κ3) is 3.87. The minimum atomic E-state index is -5.22. The first-order valence-corrected chi connectivity index (χ1v) is 10.1. The number of halogens is 4. The molecule has 1 saturated heterocycles. The van der Waals surface area contributed by atoms with E-state index in [1.807, 2.05) is 0 Å². The molecule has 0 saturated carbocycles. The molecule has 4 rings (SSSR count). The van der Waals surface area contributed by atoms with Crippen LogP contribution in [0.2, 0.25) is 0 Å². The summed E-state index contributed by atoms with van der Waals surface area (Å²) in [5, 5.41) is 0.661. The molecule has 172 valence electrons. The van der Waals surface area contributed by atoms with Gasteiger partial charge in [0.25, 0.3) is 0 Å². The fraction of sp³-hybridized carbons (Fsp3) is 0.381. The van der Waals surface area contributed by atoms with Crippen molar-refractivity contribution in [3.8, 4) is 11.1 Å². The summed E-state index contributed by atoms with van der Waals surface area (Å²) in [6, 6.07) is 9.40. The van der Waals surface area contributed by atoms with E-state index in [9.17, 15) is 22.4 Å². The topological polar surface area (TPSA) is 88.1 Å². The molecular formula is C21H23F4N5O2. The molecule has 0 bridgehead atoms. The number of alkyl halides is 3. The van der Waals surface area contributed by atoms with Gasteiger partial charge in [-0.3, -0.25) is 10.6 Å². The number of anilines is 2. The van der Waals surface area contributed by atoms with Crippen LogP contribution in [0.25, 0.3) is 11.1 Å². The first kappa shape index (κ1) is 22.3. The number of hydroxylamine groups is 1. The van der Waals surface area contributed by atoms with Gasteiger partial charge in [-0.2, -0.15) is 18.2 Å². The van der Waals surface area contributed by atoms with Crippen molar-refractivity contribution < 1.29 is 27.2 Å². The minimum absolute atomic E-state index is 0.0637. The summed E-state index contributed by atoms with van der Waals surface area (Å²) >= 11 is 0. The Morgan fingerprint density at radius 1 is 1.09 bits per heavy atom. The van der Waals surface area contributed by atoms with Crippen LogP contribution in [0.3, 0.4) is 0 Å². The molecule has 2 aromatic carbocycles. The van der Waals surface area contributed by atoms with Gasteiger partial charge in [0.05, 0.1) is 11.9 Å². The Morgan fingerprint density at radius 3 is 2.44 bits per heavy atom. The molecule has 2 atom stereocenters. The predicted molar refractivity (Wildman–Crippen MR) is 111 cm³/mol. The number of fused-ring (bicyclic) bond motifs is 1. The standard InChI is InChI=1S/C21H23F4N5O2/c1-28-18(26)13-8-7-12(11-16(13)30(20(28)27)32-19(31)21(23,24)25)17-14(22)5-4-6-15(17)29-9-2-3-10-29/h4-8,11,18,20H,2-3,9-10,26-27H2,1H3. The highest BCUT2D eigenvalue weighted by molar-refractivity contribution is 5.83. The van der Waals surface area contributed by atoms with Gasteiger partial charge in [0.1, 0.15) is 5.82 Å². The molecule has 0 radical (unpaired) electrons. The first-order valence-electron chi connectivity index (χ1n) is 10.1. The zero-order valence-electron chi connectivity index (χ0n) is 17.3. The Kier molecular flexibility index (Phi) is 5.74. The average molecular weight is 453 g/mol. The van der Waals surface area contributed by atoms with Crippen LogP contribution >= 0.6 is 0 Å². The van der Waals surface area contributed by atoms with E-state index in [4.69, 9.17) is 11.5 Å². The van der Waals surface area contributed by atoms with Gasteiger partial charge in [-0.05, 0) is 43.7 Å². The Labute approximate surface area is 182 Å². The maximum Gasteiger partial charge on any atom is 0.493 e. The van der Waals surface area contributed by atoms with Gasteiger partial charge in [-0.1, -0.05) is 18.2 Å². The van der Waals surface area contributed by atoms with Crippen molar-refractivity contribution in [1.82, 2.24) is 4.90 Å². The van der Waals surface area contributed by atoms with E-state index in [1.165, 1.54) is 24.1 Å². The summed E-state index contributed by atoms with van der Waals surface area (Å²) in [5.74, 6) is -2.90. The van der Waals surface area contributed by atoms with E-state index >= 15 is 0 Å². The molecule has 32 heavy (non-hydrogen) atoms. The molecule has 0 spiro atoms. The second-order valence-corrected chi connectivity index (χ2v) is 7.83. The molecule has 0 aliphatic carbocycles. The lowest BCUT2D eigenvalue weighted by molar-refractivity contribution is -0.204. The molecular weight excluding hydrogens is 430 g/mol. The van der Waals surface area contributed by atoms with Crippen LogP contribution in [0.1, 0.15) is 24.6 Å². The van der Waals surface area contributed by atoms with Crippen molar-refractivity contribution in [3.63, 3.8) is 0 Å². The summed E-state index contributed by atoms with van der Waals surface area (Å²) in [6.45, 7) is 1.55. The van der Waals surface area contributed by atoms with E-state index in [0.717, 1.165) is 25.9 Å².